The Hall–Kier alpha value is -2.42. The fourth-order valence-electron chi connectivity index (χ4n) is 2.68. The molecule has 12 heteroatoms. The molecule has 0 saturated heterocycles. The molecule has 0 aromatic heterocycles. The maximum Gasteiger partial charge on any atom is 0.277 e. The van der Waals surface area contributed by atoms with Gasteiger partial charge in [0.15, 0.2) is 20.0 Å². The average Bonchev–Trinajstić information content (AvgIpc) is 2.81. The van der Waals surface area contributed by atoms with Gasteiger partial charge < -0.3 is 14.6 Å². The van der Waals surface area contributed by atoms with Crippen LogP contribution in [-0.2, 0) is 14.1 Å². The smallest absolute Gasteiger partial charge is 0.277 e. The van der Waals surface area contributed by atoms with Gasteiger partial charge in [0.05, 0.1) is 36.4 Å². The summed E-state index contributed by atoms with van der Waals surface area (Å²) in [5.74, 6) is -4.31. The number of hydrogen-bond acceptors (Lipinski definition) is 6. The second-order valence-electron chi connectivity index (χ2n) is 9.47. The topological polar surface area (TPSA) is 81.2 Å². The second-order valence-corrected chi connectivity index (χ2v) is 15.5. The molecule has 37 heavy (non-hydrogen) atoms. The fraction of sp³-hybridized carbons (Fsp3) is 0.360. The number of benzene rings is 2. The highest BCUT2D eigenvalue weighted by Gasteiger charge is 2.36. The molecule has 0 radical (unpaired) electrons. The van der Waals surface area contributed by atoms with Gasteiger partial charge >= 0.3 is 0 Å². The zero-order valence-corrected chi connectivity index (χ0v) is 24.5. The van der Waals surface area contributed by atoms with Crippen LogP contribution < -0.4 is 10.8 Å². The quantitative estimate of drug-likeness (QED) is 0.0671. The van der Waals surface area contributed by atoms with E-state index < -0.39 is 37.4 Å². The molecular formula is C25H31F3IN3O4Si. The molecule has 202 valence electrons. The lowest BCUT2D eigenvalue weighted by atomic mass is 10.1. The standard InChI is InChI=1S/C25H31F3IN3O4Si/c1-7-10-35-32-24(33)18-13-16(15-30-34-11-12-36-37(5,6)25(2,3)4)21(27)22(28)23(18)31-20-9-8-17(29)14-19(20)26/h7-9,13-15,31H,1,10-12H2,2-6H3,(H,32,33). The largest absolute Gasteiger partial charge is 0.413 e. The summed E-state index contributed by atoms with van der Waals surface area (Å²) in [6, 6.07) is 5.17. The van der Waals surface area contributed by atoms with Crippen LogP contribution in [-0.4, -0.2) is 40.3 Å². The molecule has 0 aliphatic heterocycles. The molecule has 2 aromatic rings. The summed E-state index contributed by atoms with van der Waals surface area (Å²) in [5.41, 5.74) is 0.693. The first kappa shape index (κ1) is 30.8. The van der Waals surface area contributed by atoms with Gasteiger partial charge in [-0.05, 0) is 65.0 Å². The van der Waals surface area contributed by atoms with Crippen molar-refractivity contribution >= 4 is 54.4 Å². The van der Waals surface area contributed by atoms with Gasteiger partial charge in [-0.15, -0.1) is 6.58 Å². The van der Waals surface area contributed by atoms with Crippen molar-refractivity contribution in [2.45, 2.75) is 38.9 Å². The Morgan fingerprint density at radius 2 is 1.86 bits per heavy atom. The van der Waals surface area contributed by atoms with Crippen molar-refractivity contribution in [1.82, 2.24) is 5.48 Å². The van der Waals surface area contributed by atoms with Gasteiger partial charge in [0.1, 0.15) is 12.4 Å². The molecule has 1 amide bonds. The maximum absolute atomic E-state index is 15.1. The minimum absolute atomic E-state index is 0.0248. The van der Waals surface area contributed by atoms with E-state index in [0.29, 0.717) is 3.57 Å². The van der Waals surface area contributed by atoms with Crippen LogP contribution in [0.3, 0.4) is 0 Å². The first-order valence-electron chi connectivity index (χ1n) is 11.3. The molecule has 0 heterocycles. The van der Waals surface area contributed by atoms with Crippen LogP contribution in [0.1, 0.15) is 36.7 Å². The van der Waals surface area contributed by atoms with E-state index in [1.165, 1.54) is 18.2 Å². The molecule has 0 bridgehead atoms. The van der Waals surface area contributed by atoms with Gasteiger partial charge in [0.2, 0.25) is 0 Å². The maximum atomic E-state index is 15.1. The van der Waals surface area contributed by atoms with Gasteiger partial charge in [-0.1, -0.05) is 32.0 Å². The van der Waals surface area contributed by atoms with Crippen LogP contribution in [0.4, 0.5) is 24.5 Å². The highest BCUT2D eigenvalue weighted by atomic mass is 127. The third-order valence-corrected chi connectivity index (χ3v) is 11.0. The number of nitrogens with one attached hydrogen (secondary N) is 2. The number of hydrogen-bond donors (Lipinski definition) is 2. The molecular weight excluding hydrogens is 618 g/mol. The van der Waals surface area contributed by atoms with Gasteiger partial charge in [0.25, 0.3) is 5.91 Å². The lowest BCUT2D eigenvalue weighted by Gasteiger charge is -2.35. The second kappa shape index (κ2) is 13.4. The van der Waals surface area contributed by atoms with Crippen molar-refractivity contribution in [3.63, 3.8) is 0 Å². The van der Waals surface area contributed by atoms with Crippen molar-refractivity contribution < 1.29 is 32.1 Å². The Morgan fingerprint density at radius 3 is 2.49 bits per heavy atom. The van der Waals surface area contributed by atoms with Crippen LogP contribution in [0.2, 0.25) is 18.1 Å². The normalized spacial score (nSPS) is 12.0. The predicted molar refractivity (Wildman–Crippen MR) is 149 cm³/mol. The Labute approximate surface area is 229 Å². The van der Waals surface area contributed by atoms with Crippen molar-refractivity contribution in [2.75, 3.05) is 25.1 Å². The van der Waals surface area contributed by atoms with Gasteiger partial charge in [0, 0.05) is 9.13 Å². The van der Waals surface area contributed by atoms with Crippen molar-refractivity contribution in [3.05, 3.63) is 69.1 Å². The summed E-state index contributed by atoms with van der Waals surface area (Å²) < 4.78 is 51.0. The van der Waals surface area contributed by atoms with E-state index in [-0.39, 0.29) is 41.7 Å². The summed E-state index contributed by atoms with van der Waals surface area (Å²) in [4.78, 5) is 22.8. The molecule has 0 aliphatic rings. The zero-order valence-electron chi connectivity index (χ0n) is 21.4. The third-order valence-electron chi connectivity index (χ3n) is 5.75. The molecule has 7 nitrogen and oxygen atoms in total. The highest BCUT2D eigenvalue weighted by molar-refractivity contribution is 14.1. The number of halogens is 4. The summed E-state index contributed by atoms with van der Waals surface area (Å²) in [6.45, 7) is 14.3. The number of oxime groups is 1. The minimum atomic E-state index is -1.96. The SMILES string of the molecule is C=CCONC(=O)c1cc(C=NOCCO[Si](C)(C)C(C)(C)C)c(F)c(F)c1Nc1ccc(I)cc1F. The van der Waals surface area contributed by atoms with E-state index in [4.69, 9.17) is 14.1 Å². The molecule has 0 fully saturated rings. The first-order chi connectivity index (χ1) is 17.3. The number of amides is 1. The molecule has 2 rings (SSSR count). The molecule has 0 saturated carbocycles. The number of carbonyl (C=O) groups is 1. The number of carbonyl (C=O) groups excluding carboxylic acids is 1. The third kappa shape index (κ3) is 8.55. The lowest BCUT2D eigenvalue weighted by molar-refractivity contribution is 0.0422. The van der Waals surface area contributed by atoms with E-state index >= 15 is 4.39 Å². The van der Waals surface area contributed by atoms with E-state index in [9.17, 15) is 13.6 Å². The summed E-state index contributed by atoms with van der Waals surface area (Å²) in [5, 5.41) is 6.18. The van der Waals surface area contributed by atoms with Crippen LogP contribution in [0.15, 0.2) is 42.1 Å². The van der Waals surface area contributed by atoms with E-state index in [0.717, 1.165) is 12.3 Å². The van der Waals surface area contributed by atoms with Crippen LogP contribution in [0, 0.1) is 21.0 Å². The zero-order chi connectivity index (χ0) is 27.8. The lowest BCUT2D eigenvalue weighted by Crippen LogP contribution is -2.41. The number of nitrogens with zero attached hydrogens (tertiary/aromatic N) is 1. The van der Waals surface area contributed by atoms with Crippen LogP contribution in [0.5, 0.6) is 0 Å². The summed E-state index contributed by atoms with van der Waals surface area (Å²) >= 11 is 1.91. The summed E-state index contributed by atoms with van der Waals surface area (Å²) in [6.07, 6.45) is 2.33. The molecule has 2 N–H and O–H groups in total. The monoisotopic (exact) mass is 649 g/mol. The minimum Gasteiger partial charge on any atom is -0.413 e. The Morgan fingerprint density at radius 1 is 1.16 bits per heavy atom. The average molecular weight is 650 g/mol. The van der Waals surface area contributed by atoms with E-state index in [1.54, 1.807) is 6.07 Å². The van der Waals surface area contributed by atoms with Crippen LogP contribution in [0.25, 0.3) is 0 Å². The van der Waals surface area contributed by atoms with E-state index in [2.05, 4.69) is 56.4 Å². The van der Waals surface area contributed by atoms with Crippen molar-refractivity contribution in [1.29, 1.82) is 0 Å². The Kier molecular flexibility index (Phi) is 11.2. The molecule has 0 atom stereocenters. The summed E-state index contributed by atoms with van der Waals surface area (Å²) in [7, 11) is -1.96. The molecule has 0 unspecified atom stereocenters. The Balaban J connectivity index is 2.27. The predicted octanol–water partition coefficient (Wildman–Crippen LogP) is 6.67. The number of rotatable bonds is 12. The van der Waals surface area contributed by atoms with E-state index in [1.807, 2.05) is 22.6 Å². The first-order valence-corrected chi connectivity index (χ1v) is 15.3. The van der Waals surface area contributed by atoms with Crippen molar-refractivity contribution in [3.8, 4) is 0 Å². The van der Waals surface area contributed by atoms with Crippen LogP contribution >= 0.6 is 22.6 Å². The van der Waals surface area contributed by atoms with Crippen molar-refractivity contribution in [2.24, 2.45) is 5.16 Å². The number of anilines is 2. The number of hydroxylamine groups is 1. The fourth-order valence-corrected chi connectivity index (χ4v) is 4.16. The Bertz CT molecular complexity index is 1160. The van der Waals surface area contributed by atoms with Gasteiger partial charge in [-0.3, -0.25) is 9.63 Å². The molecule has 0 aliphatic carbocycles. The van der Waals surface area contributed by atoms with Gasteiger partial charge in [-0.2, -0.15) is 0 Å². The molecule has 0 spiro atoms. The van der Waals surface area contributed by atoms with Gasteiger partial charge in [-0.25, -0.2) is 18.7 Å². The highest BCUT2D eigenvalue weighted by Crippen LogP contribution is 2.36. The molecule has 2 aromatic carbocycles.